The van der Waals surface area contributed by atoms with Gasteiger partial charge in [0.2, 0.25) is 0 Å². The van der Waals surface area contributed by atoms with Crippen molar-refractivity contribution in [2.45, 2.75) is 0 Å². The minimum atomic E-state index is -0.595. The van der Waals surface area contributed by atoms with E-state index in [-0.39, 0.29) is 0 Å². The number of hydrogen-bond donors (Lipinski definition) is 0. The zero-order chi connectivity index (χ0) is 45.4. The Morgan fingerprint density at radius 2 is 0.667 bits per heavy atom. The molecule has 0 fully saturated rings. The van der Waals surface area contributed by atoms with Crippen molar-refractivity contribution in [1.29, 1.82) is 0 Å². The zero-order valence-corrected chi connectivity index (χ0v) is 39.3. The summed E-state index contributed by atoms with van der Waals surface area (Å²) in [6, 6.07) is 84.7. The molecule has 14 rings (SSSR count). The minimum Gasteiger partial charge on any atom is -0.0617 e. The second-order valence-electron chi connectivity index (χ2n) is 17.5. The number of para-hydroxylation sites is 3. The molecular weight excluding hydrogens is 954 g/mol. The standard InChI is InChI=1S/C63H39IN5/c1-4-16-40(17-5-1)41-28-30-43(31-29-41)61-65-62(67-63(66-61)54-25-11-10-22-47(54)42-18-6-2-7-19-42)44-32-34-46(35-33-44)69-56-27-15-13-24-49(56)53-39-37-51-50-36-38-52-48-23-12-14-26-55(48)68(45-20-8-3-9-21-45)59(52)57(50)64-58(51)60(53)69/h1-39H/q-1. The third kappa shape index (κ3) is 6.47. The van der Waals surface area contributed by atoms with Crippen molar-refractivity contribution in [3.63, 3.8) is 0 Å². The first-order valence-corrected chi connectivity index (χ1v) is 25.4. The van der Waals surface area contributed by atoms with E-state index in [0.717, 1.165) is 39.1 Å². The molecule has 0 unspecified atom stereocenters. The van der Waals surface area contributed by atoms with Gasteiger partial charge in [-0.3, -0.25) is 0 Å². The van der Waals surface area contributed by atoms with Gasteiger partial charge in [-0.25, -0.2) is 0 Å². The molecule has 0 spiro atoms. The number of nitrogens with zero attached hydrogens (tertiary/aromatic N) is 5. The van der Waals surface area contributed by atoms with Gasteiger partial charge in [0.1, 0.15) is 0 Å². The van der Waals surface area contributed by atoms with Crippen LogP contribution in [0.25, 0.3) is 123 Å². The van der Waals surface area contributed by atoms with Gasteiger partial charge in [-0.15, -0.1) is 0 Å². The van der Waals surface area contributed by atoms with Crippen LogP contribution in [0, 0.1) is 7.14 Å². The van der Waals surface area contributed by atoms with E-state index >= 15 is 0 Å². The van der Waals surface area contributed by atoms with Crippen molar-refractivity contribution >= 4 is 43.6 Å². The quantitative estimate of drug-likeness (QED) is 0.150. The third-order valence-electron chi connectivity index (χ3n) is 13.6. The smallest absolute Gasteiger partial charge is 0.0617 e. The molecule has 3 aromatic heterocycles. The monoisotopic (exact) mass is 992 g/mol. The number of fused-ring (bicyclic) bond motifs is 11. The Morgan fingerprint density at radius 1 is 0.261 bits per heavy atom. The fraction of sp³-hybridized carbons (Fsp3) is 0. The van der Waals surface area contributed by atoms with E-state index in [1.165, 1.54) is 73.1 Å². The zero-order valence-electron chi connectivity index (χ0n) is 37.1. The number of rotatable bonds is 7. The molecule has 5 nitrogen and oxygen atoms in total. The van der Waals surface area contributed by atoms with Gasteiger partial charge in [-0.05, 0) is 16.7 Å². The van der Waals surface area contributed by atoms with Crippen LogP contribution in [-0.4, -0.2) is 24.1 Å². The second-order valence-corrected chi connectivity index (χ2v) is 20.2. The first-order valence-electron chi connectivity index (χ1n) is 23.2. The molecule has 1 aliphatic rings. The minimum absolute atomic E-state index is 0.595. The maximum atomic E-state index is 5.26. The van der Waals surface area contributed by atoms with Gasteiger partial charge < -0.3 is 0 Å². The Morgan fingerprint density at radius 3 is 1.23 bits per heavy atom. The van der Waals surface area contributed by atoms with E-state index in [1.54, 1.807) is 0 Å². The Bertz CT molecular complexity index is 4120. The van der Waals surface area contributed by atoms with Crippen LogP contribution in [-0.2, 0) is 0 Å². The van der Waals surface area contributed by atoms with Crippen LogP contribution in [0.5, 0.6) is 0 Å². The predicted molar refractivity (Wildman–Crippen MR) is 279 cm³/mol. The summed E-state index contributed by atoms with van der Waals surface area (Å²) in [5.74, 6) is 1.88. The molecular formula is C63H39IN5-. The van der Waals surface area contributed by atoms with Crippen molar-refractivity contribution < 1.29 is 21.2 Å². The molecule has 0 aliphatic carbocycles. The van der Waals surface area contributed by atoms with Crippen LogP contribution in [0.2, 0.25) is 0 Å². The molecule has 0 N–H and O–H groups in total. The van der Waals surface area contributed by atoms with Crippen LogP contribution in [0.15, 0.2) is 237 Å². The Balaban J connectivity index is 0.916. The van der Waals surface area contributed by atoms with Crippen LogP contribution in [0.1, 0.15) is 0 Å². The Kier molecular flexibility index (Phi) is 9.27. The molecule has 69 heavy (non-hydrogen) atoms. The van der Waals surface area contributed by atoms with Gasteiger partial charge in [0.25, 0.3) is 0 Å². The second kappa shape index (κ2) is 16.1. The van der Waals surface area contributed by atoms with E-state index in [1.807, 2.05) is 12.1 Å². The number of hydrogen-bond acceptors (Lipinski definition) is 3. The van der Waals surface area contributed by atoms with Crippen LogP contribution >= 0.6 is 0 Å². The molecule has 0 radical (unpaired) electrons. The van der Waals surface area contributed by atoms with Crippen molar-refractivity contribution in [2.24, 2.45) is 0 Å². The first kappa shape index (κ1) is 39.7. The average molecular weight is 993 g/mol. The molecule has 6 heteroatoms. The van der Waals surface area contributed by atoms with Gasteiger partial charge in [0, 0.05) is 0 Å². The first-order chi connectivity index (χ1) is 34.2. The van der Waals surface area contributed by atoms with E-state index in [2.05, 4.69) is 234 Å². The number of aromatic nitrogens is 5. The molecule has 4 heterocycles. The number of benzene rings is 10. The molecule has 13 aromatic rings. The molecule has 0 saturated heterocycles. The topological polar surface area (TPSA) is 48.5 Å². The third-order valence-corrected chi connectivity index (χ3v) is 16.8. The maximum absolute atomic E-state index is 5.26. The average Bonchev–Trinajstić information content (AvgIpc) is 4.10. The predicted octanol–water partition coefficient (Wildman–Crippen LogP) is 12.5. The van der Waals surface area contributed by atoms with Crippen LogP contribution in [0.3, 0.4) is 0 Å². The summed E-state index contributed by atoms with van der Waals surface area (Å²) in [7, 11) is 0. The van der Waals surface area contributed by atoms with E-state index in [0.29, 0.717) is 17.5 Å². The van der Waals surface area contributed by atoms with Crippen molar-refractivity contribution in [3.8, 4) is 78.9 Å². The summed E-state index contributed by atoms with van der Waals surface area (Å²) in [5, 5.41) is 5.13. The summed E-state index contributed by atoms with van der Waals surface area (Å²) in [4.78, 5) is 15.7. The van der Waals surface area contributed by atoms with E-state index in [4.69, 9.17) is 15.0 Å². The van der Waals surface area contributed by atoms with Gasteiger partial charge >= 0.3 is 304 Å². The Labute approximate surface area is 408 Å². The van der Waals surface area contributed by atoms with Crippen LogP contribution in [0.4, 0.5) is 0 Å². The van der Waals surface area contributed by atoms with Gasteiger partial charge in [0.15, 0.2) is 0 Å². The molecule has 324 valence electrons. The molecule has 0 atom stereocenters. The van der Waals surface area contributed by atoms with Gasteiger partial charge in [-0.2, -0.15) is 0 Å². The van der Waals surface area contributed by atoms with E-state index in [9.17, 15) is 0 Å². The van der Waals surface area contributed by atoms with Crippen LogP contribution < -0.4 is 21.2 Å². The SMILES string of the molecule is c1ccc(-c2ccc(-c3nc(-c4ccc(-n5c6ccccc6c6ccc7c(c65)[I-]c5c-7ccc6c7ccccc7n(-c7ccccc7)c56)cc4)nc(-c4ccccc4-c4ccccc4)n3)cc2)cc1. The molecule has 0 bridgehead atoms. The summed E-state index contributed by atoms with van der Waals surface area (Å²) >= 11 is -0.595. The molecule has 0 saturated carbocycles. The summed E-state index contributed by atoms with van der Waals surface area (Å²) in [6.07, 6.45) is 0. The van der Waals surface area contributed by atoms with E-state index < -0.39 is 21.2 Å². The van der Waals surface area contributed by atoms with Crippen molar-refractivity contribution in [3.05, 3.63) is 244 Å². The van der Waals surface area contributed by atoms with Gasteiger partial charge in [0.05, 0.1) is 0 Å². The molecule has 10 aromatic carbocycles. The van der Waals surface area contributed by atoms with Crippen molar-refractivity contribution in [2.75, 3.05) is 0 Å². The Hall–Kier alpha value is -8.46. The van der Waals surface area contributed by atoms with Crippen molar-refractivity contribution in [1.82, 2.24) is 24.1 Å². The fourth-order valence-electron chi connectivity index (χ4n) is 10.4. The summed E-state index contributed by atoms with van der Waals surface area (Å²) in [5.41, 5.74) is 17.3. The summed E-state index contributed by atoms with van der Waals surface area (Å²) in [6.45, 7) is 0. The normalized spacial score (nSPS) is 12.1. The van der Waals surface area contributed by atoms with Gasteiger partial charge in [-0.1, -0.05) is 91.0 Å². The fourth-order valence-corrected chi connectivity index (χ4v) is 14.0. The number of halogens is 1. The molecule has 1 aliphatic heterocycles. The summed E-state index contributed by atoms with van der Waals surface area (Å²) < 4.78 is 7.93. The molecule has 0 amide bonds.